The summed E-state index contributed by atoms with van der Waals surface area (Å²) in [5.74, 6) is 0. The number of nitrogens with one attached hydrogen (secondary N) is 1. The average Bonchev–Trinajstić information content (AvgIpc) is 3.23. The smallest absolute Gasteiger partial charge is 0.171 e. The molecule has 4 rings (SSSR count). The van der Waals surface area contributed by atoms with Gasteiger partial charge in [-0.25, -0.2) is 4.98 Å². The van der Waals surface area contributed by atoms with Crippen LogP contribution in [0.25, 0.3) is 22.8 Å². The van der Waals surface area contributed by atoms with Crippen LogP contribution in [0, 0.1) is 32.1 Å². The van der Waals surface area contributed by atoms with Crippen LogP contribution in [0.1, 0.15) is 22.5 Å². The first kappa shape index (κ1) is 19.4. The van der Waals surface area contributed by atoms with E-state index in [9.17, 15) is 5.26 Å². The molecule has 0 atom stereocenters. The highest BCUT2D eigenvalue weighted by atomic mass is 35.5. The number of fused-ring (bicyclic) bond motifs is 1. The van der Waals surface area contributed by atoms with Crippen LogP contribution in [0.4, 0.5) is 0 Å². The van der Waals surface area contributed by atoms with Crippen molar-refractivity contribution in [3.63, 3.8) is 0 Å². The molecule has 4 aromatic rings. The second-order valence-electron chi connectivity index (χ2n) is 6.87. The molecule has 0 radical (unpaired) electrons. The number of benzene rings is 2. The van der Waals surface area contributed by atoms with Gasteiger partial charge in [0.25, 0.3) is 0 Å². The maximum absolute atomic E-state index is 9.68. The number of hydrogen-bond donors (Lipinski definition) is 1. The van der Waals surface area contributed by atoms with Crippen molar-refractivity contribution in [3.8, 4) is 11.8 Å². The molecule has 0 unspecified atom stereocenters. The van der Waals surface area contributed by atoms with Crippen LogP contribution in [-0.2, 0) is 0 Å². The Hall–Kier alpha value is -2.94. The molecule has 0 aliphatic carbocycles. The summed E-state index contributed by atoms with van der Waals surface area (Å²) in [4.78, 5) is 8.38. The molecule has 2 aromatic heterocycles. The molecule has 29 heavy (non-hydrogen) atoms. The summed E-state index contributed by atoms with van der Waals surface area (Å²) in [6, 6.07) is 18.1. The molecule has 0 amide bonds. The van der Waals surface area contributed by atoms with Crippen molar-refractivity contribution in [2.24, 2.45) is 0 Å². The van der Waals surface area contributed by atoms with Crippen LogP contribution in [0.5, 0.6) is 0 Å². The van der Waals surface area contributed by atoms with Crippen LogP contribution >= 0.6 is 23.4 Å². The normalized spacial score (nSPS) is 11.8. The fourth-order valence-corrected chi connectivity index (χ4v) is 4.35. The van der Waals surface area contributed by atoms with E-state index in [0.29, 0.717) is 15.1 Å². The van der Waals surface area contributed by atoms with E-state index in [0.717, 1.165) is 39.2 Å². The number of para-hydroxylation sites is 2. The molecule has 144 valence electrons. The summed E-state index contributed by atoms with van der Waals surface area (Å²) in [6.45, 7) is 6.18. The Morgan fingerprint density at radius 2 is 1.97 bits per heavy atom. The molecule has 2 aromatic carbocycles. The predicted molar refractivity (Wildman–Crippen MR) is 121 cm³/mol. The van der Waals surface area contributed by atoms with Crippen molar-refractivity contribution < 1.29 is 0 Å². The monoisotopic (exact) mass is 418 g/mol. The van der Waals surface area contributed by atoms with Gasteiger partial charge < -0.3 is 9.55 Å². The molecule has 2 heterocycles. The fraction of sp³-hybridized carbons (Fsp3) is 0.130. The molecule has 0 aliphatic rings. The highest BCUT2D eigenvalue weighted by Crippen LogP contribution is 2.31. The quantitative estimate of drug-likeness (QED) is 0.300. The van der Waals surface area contributed by atoms with Gasteiger partial charge >= 0.3 is 0 Å². The summed E-state index contributed by atoms with van der Waals surface area (Å²) in [7, 11) is 0. The number of aromatic nitrogens is 3. The lowest BCUT2D eigenvalue weighted by Crippen LogP contribution is -2.01. The number of hydrogen-bond acceptors (Lipinski definition) is 3. The first-order valence-electron chi connectivity index (χ1n) is 9.16. The molecule has 0 spiro atoms. The summed E-state index contributed by atoms with van der Waals surface area (Å²) in [6.07, 6.45) is 1.91. The standard InChI is InChI=1S/C23H19ClN4S/c1-14-8-9-18(24)12-22(14)28-15(2)10-17(16(28)3)11-19(13-25)29-23-26-20-6-4-5-7-21(20)27-23/h4-12H,1-3H3,(H,26,27)/b19-11+. The predicted octanol–water partition coefficient (Wildman–Crippen LogP) is 6.59. The third-order valence-corrected chi connectivity index (χ3v) is 5.90. The molecule has 4 nitrogen and oxygen atoms in total. The van der Waals surface area contributed by atoms with Crippen LogP contribution in [0.15, 0.2) is 58.6 Å². The van der Waals surface area contributed by atoms with E-state index in [1.165, 1.54) is 11.8 Å². The molecule has 0 saturated carbocycles. The van der Waals surface area contributed by atoms with Crippen LogP contribution in [-0.4, -0.2) is 14.5 Å². The van der Waals surface area contributed by atoms with E-state index >= 15 is 0 Å². The summed E-state index contributed by atoms with van der Waals surface area (Å²) in [5, 5.41) is 11.1. The highest BCUT2D eigenvalue weighted by Gasteiger charge is 2.13. The second kappa shape index (κ2) is 7.82. The molecule has 0 fully saturated rings. The Bertz CT molecular complexity index is 1260. The molecule has 0 aliphatic heterocycles. The van der Waals surface area contributed by atoms with Gasteiger partial charge in [0.2, 0.25) is 0 Å². The number of aromatic amines is 1. The van der Waals surface area contributed by atoms with Gasteiger partial charge in [0, 0.05) is 22.1 Å². The maximum atomic E-state index is 9.68. The van der Waals surface area contributed by atoms with Gasteiger partial charge in [-0.15, -0.1) is 0 Å². The topological polar surface area (TPSA) is 57.4 Å². The van der Waals surface area contributed by atoms with Crippen LogP contribution in [0.3, 0.4) is 0 Å². The van der Waals surface area contributed by atoms with Crippen molar-refractivity contribution in [1.82, 2.24) is 14.5 Å². The minimum Gasteiger partial charge on any atom is -0.333 e. The van der Waals surface area contributed by atoms with Gasteiger partial charge in [-0.2, -0.15) is 5.26 Å². The van der Waals surface area contributed by atoms with E-state index in [1.807, 2.05) is 48.5 Å². The molecule has 6 heteroatoms. The van der Waals surface area contributed by atoms with E-state index < -0.39 is 0 Å². The summed E-state index contributed by atoms with van der Waals surface area (Å²) < 4.78 is 2.17. The fourth-order valence-electron chi connectivity index (χ4n) is 3.44. The van der Waals surface area contributed by atoms with Gasteiger partial charge in [0.05, 0.1) is 15.9 Å². The number of nitriles is 1. The van der Waals surface area contributed by atoms with Gasteiger partial charge in [0.1, 0.15) is 6.07 Å². The Balaban J connectivity index is 1.71. The molecule has 0 bridgehead atoms. The lowest BCUT2D eigenvalue weighted by molar-refractivity contribution is 0.954. The minimum absolute atomic E-state index is 0.576. The minimum atomic E-state index is 0.576. The van der Waals surface area contributed by atoms with Gasteiger partial charge in [-0.1, -0.05) is 29.8 Å². The lowest BCUT2D eigenvalue weighted by atomic mass is 10.2. The van der Waals surface area contributed by atoms with Gasteiger partial charge in [-0.3, -0.25) is 0 Å². The average molecular weight is 419 g/mol. The number of imidazole rings is 1. The van der Waals surface area contributed by atoms with Gasteiger partial charge in [0.15, 0.2) is 5.16 Å². The second-order valence-corrected chi connectivity index (χ2v) is 8.34. The first-order valence-corrected chi connectivity index (χ1v) is 10.4. The van der Waals surface area contributed by atoms with E-state index in [1.54, 1.807) is 0 Å². The molecule has 0 saturated heterocycles. The number of H-pyrrole nitrogens is 1. The highest BCUT2D eigenvalue weighted by molar-refractivity contribution is 8.03. The zero-order valence-electron chi connectivity index (χ0n) is 16.3. The molecule has 1 N–H and O–H groups in total. The zero-order valence-corrected chi connectivity index (χ0v) is 17.9. The Morgan fingerprint density at radius 1 is 1.17 bits per heavy atom. The van der Waals surface area contributed by atoms with E-state index in [-0.39, 0.29) is 0 Å². The SMILES string of the molecule is Cc1ccc(Cl)cc1-n1c(C)cc(/C=C(\C#N)Sc2nc3ccccc3[nH]2)c1C. The molecular formula is C23H19ClN4S. The Morgan fingerprint density at radius 3 is 2.72 bits per heavy atom. The van der Waals surface area contributed by atoms with Crippen LogP contribution in [0.2, 0.25) is 5.02 Å². The number of aryl methyl sites for hydroxylation is 2. The number of allylic oxidation sites excluding steroid dienone is 1. The number of thioether (sulfide) groups is 1. The third-order valence-electron chi connectivity index (χ3n) is 4.85. The van der Waals surface area contributed by atoms with E-state index in [2.05, 4.69) is 47.4 Å². The number of rotatable bonds is 4. The van der Waals surface area contributed by atoms with Crippen molar-refractivity contribution in [1.29, 1.82) is 5.26 Å². The largest absolute Gasteiger partial charge is 0.333 e. The molecular weight excluding hydrogens is 400 g/mol. The van der Waals surface area contributed by atoms with Crippen molar-refractivity contribution in [3.05, 3.63) is 81.0 Å². The van der Waals surface area contributed by atoms with E-state index in [4.69, 9.17) is 11.6 Å². The van der Waals surface area contributed by atoms with Crippen LogP contribution < -0.4 is 0 Å². The first-order chi connectivity index (χ1) is 14.0. The lowest BCUT2D eigenvalue weighted by Gasteiger charge is -2.13. The third kappa shape index (κ3) is 3.82. The zero-order chi connectivity index (χ0) is 20.5. The number of halogens is 1. The Kier molecular flexibility index (Phi) is 5.23. The van der Waals surface area contributed by atoms with Crippen molar-refractivity contribution in [2.45, 2.75) is 25.9 Å². The summed E-state index contributed by atoms with van der Waals surface area (Å²) >= 11 is 7.56. The van der Waals surface area contributed by atoms with Crippen molar-refractivity contribution in [2.75, 3.05) is 0 Å². The van der Waals surface area contributed by atoms with Crippen molar-refractivity contribution >= 4 is 40.5 Å². The maximum Gasteiger partial charge on any atom is 0.171 e. The van der Waals surface area contributed by atoms with Gasteiger partial charge in [-0.05, 0) is 80.1 Å². The summed E-state index contributed by atoms with van der Waals surface area (Å²) in [5.41, 5.74) is 7.20. The number of nitrogens with zero attached hydrogens (tertiary/aromatic N) is 3. The Labute approximate surface area is 178 Å².